The highest BCUT2D eigenvalue weighted by Gasteiger charge is 2.23. The molecule has 0 saturated carbocycles. The summed E-state index contributed by atoms with van der Waals surface area (Å²) in [5.74, 6) is 0.374. The Labute approximate surface area is 177 Å². The van der Waals surface area contributed by atoms with E-state index in [0.29, 0.717) is 30.1 Å². The number of aliphatic hydroxyl groups is 1. The molecule has 0 unspecified atom stereocenters. The molecule has 5 aromatic rings. The van der Waals surface area contributed by atoms with Crippen molar-refractivity contribution in [3.63, 3.8) is 0 Å². The fourth-order valence-electron chi connectivity index (χ4n) is 3.73. The Hall–Kier alpha value is -3.84. The van der Waals surface area contributed by atoms with Crippen molar-refractivity contribution in [1.82, 2.24) is 19.7 Å². The van der Waals surface area contributed by atoms with Crippen molar-refractivity contribution in [2.75, 3.05) is 6.61 Å². The maximum absolute atomic E-state index is 13.6. The molecule has 0 aliphatic rings. The maximum Gasteiger partial charge on any atom is 0.182 e. The molecule has 4 aromatic heterocycles. The first-order valence-electron chi connectivity index (χ1n) is 9.97. The van der Waals surface area contributed by atoms with Crippen LogP contribution in [0, 0.1) is 5.82 Å². The molecule has 0 spiro atoms. The van der Waals surface area contributed by atoms with Gasteiger partial charge in [0.25, 0.3) is 0 Å². The molecule has 5 rings (SSSR count). The Kier molecular flexibility index (Phi) is 5.01. The minimum atomic E-state index is -0.310. The number of fused-ring (bicyclic) bond motifs is 1. The number of halogens is 1. The van der Waals surface area contributed by atoms with Crippen LogP contribution in [0.25, 0.3) is 44.7 Å². The van der Waals surface area contributed by atoms with Crippen molar-refractivity contribution in [2.45, 2.75) is 13.0 Å². The fraction of sp³-hybridized carbons (Fsp3) is 0.125. The molecule has 1 aromatic carbocycles. The lowest BCUT2D eigenvalue weighted by molar-refractivity contribution is 0.277. The zero-order valence-corrected chi connectivity index (χ0v) is 16.6. The number of furan rings is 1. The van der Waals surface area contributed by atoms with Crippen LogP contribution in [0.3, 0.4) is 0 Å². The third-order valence-corrected chi connectivity index (χ3v) is 5.12. The predicted octanol–water partition coefficient (Wildman–Crippen LogP) is 4.94. The minimum absolute atomic E-state index is 0.0811. The van der Waals surface area contributed by atoms with E-state index in [9.17, 15) is 9.50 Å². The first-order chi connectivity index (χ1) is 15.2. The number of aliphatic hydroxyl groups excluding tert-OH is 1. The molecule has 7 heteroatoms. The normalized spacial score (nSPS) is 11.3. The SMILES string of the molecule is OCCCn1cc2c(-c3ccco3)c(-c3ccncc3)c(-c3ccc(F)cc3)nc2n1. The van der Waals surface area contributed by atoms with Gasteiger partial charge in [-0.3, -0.25) is 9.67 Å². The standard InChI is InChI=1S/C24H19FN4O2/c25-18-6-4-17(5-7-18)23-21(16-8-10-26-11-9-16)22(20-3-1-14-31-20)19-15-29(12-2-13-30)28-24(19)27-23/h1,3-11,14-15,30H,2,12-13H2. The van der Waals surface area contributed by atoms with E-state index in [1.807, 2.05) is 30.5 Å². The average Bonchev–Trinajstić information content (AvgIpc) is 3.47. The van der Waals surface area contributed by atoms with Gasteiger partial charge in [-0.1, -0.05) is 0 Å². The Morgan fingerprint density at radius 2 is 1.77 bits per heavy atom. The van der Waals surface area contributed by atoms with Crippen LogP contribution in [0.15, 0.2) is 77.8 Å². The Balaban J connectivity index is 1.87. The number of nitrogens with zero attached hydrogens (tertiary/aromatic N) is 4. The van der Waals surface area contributed by atoms with Gasteiger partial charge in [0.2, 0.25) is 0 Å². The van der Waals surface area contributed by atoms with E-state index in [0.717, 1.165) is 27.6 Å². The molecule has 0 bridgehead atoms. The van der Waals surface area contributed by atoms with E-state index >= 15 is 0 Å². The second kappa shape index (κ2) is 8.12. The van der Waals surface area contributed by atoms with Crippen LogP contribution in [-0.4, -0.2) is 31.5 Å². The summed E-state index contributed by atoms with van der Waals surface area (Å²) in [6.45, 7) is 0.651. The molecule has 0 aliphatic heterocycles. The molecule has 0 radical (unpaired) electrons. The molecule has 6 nitrogen and oxygen atoms in total. The summed E-state index contributed by atoms with van der Waals surface area (Å²) in [6, 6.07) is 13.8. The molecule has 0 fully saturated rings. The first-order valence-corrected chi connectivity index (χ1v) is 9.97. The Bertz CT molecular complexity index is 1310. The molecule has 154 valence electrons. The van der Waals surface area contributed by atoms with E-state index < -0.39 is 0 Å². The van der Waals surface area contributed by atoms with Gasteiger partial charge < -0.3 is 9.52 Å². The fourth-order valence-corrected chi connectivity index (χ4v) is 3.73. The zero-order chi connectivity index (χ0) is 21.2. The van der Waals surface area contributed by atoms with E-state index in [-0.39, 0.29) is 12.4 Å². The van der Waals surface area contributed by atoms with Crippen molar-refractivity contribution in [3.05, 3.63) is 79.2 Å². The van der Waals surface area contributed by atoms with Gasteiger partial charge in [-0.05, 0) is 60.5 Å². The highest BCUT2D eigenvalue weighted by Crippen LogP contribution is 2.43. The van der Waals surface area contributed by atoms with Gasteiger partial charge in [0, 0.05) is 48.4 Å². The smallest absolute Gasteiger partial charge is 0.182 e. The lowest BCUT2D eigenvalue weighted by atomic mass is 9.92. The van der Waals surface area contributed by atoms with Crippen molar-refractivity contribution >= 4 is 11.0 Å². The predicted molar refractivity (Wildman–Crippen MR) is 116 cm³/mol. The minimum Gasteiger partial charge on any atom is -0.464 e. The van der Waals surface area contributed by atoms with Crippen LogP contribution >= 0.6 is 0 Å². The maximum atomic E-state index is 13.6. The van der Waals surface area contributed by atoms with Gasteiger partial charge in [-0.15, -0.1) is 0 Å². The summed E-state index contributed by atoms with van der Waals surface area (Å²) in [4.78, 5) is 9.02. The summed E-state index contributed by atoms with van der Waals surface area (Å²) in [7, 11) is 0. The van der Waals surface area contributed by atoms with Crippen LogP contribution in [0.1, 0.15) is 6.42 Å². The summed E-state index contributed by atoms with van der Waals surface area (Å²) < 4.78 is 21.2. The molecule has 4 heterocycles. The molecule has 0 aliphatic carbocycles. The lowest BCUT2D eigenvalue weighted by Gasteiger charge is -2.14. The first kappa shape index (κ1) is 19.1. The van der Waals surface area contributed by atoms with Gasteiger partial charge in [0.05, 0.1) is 17.3 Å². The molecule has 1 N–H and O–H groups in total. The highest BCUT2D eigenvalue weighted by atomic mass is 19.1. The summed E-state index contributed by atoms with van der Waals surface area (Å²) in [5.41, 5.74) is 4.64. The largest absolute Gasteiger partial charge is 0.464 e. The number of aryl methyl sites for hydroxylation is 1. The van der Waals surface area contributed by atoms with E-state index in [4.69, 9.17) is 9.40 Å². The topological polar surface area (TPSA) is 77.0 Å². The zero-order valence-electron chi connectivity index (χ0n) is 16.6. The number of benzene rings is 1. The molecule has 31 heavy (non-hydrogen) atoms. The van der Waals surface area contributed by atoms with Crippen LogP contribution in [0.2, 0.25) is 0 Å². The molecular formula is C24H19FN4O2. The summed E-state index contributed by atoms with van der Waals surface area (Å²) in [6.07, 6.45) is 7.60. The second-order valence-electron chi connectivity index (χ2n) is 7.14. The van der Waals surface area contributed by atoms with Gasteiger partial charge >= 0.3 is 0 Å². The van der Waals surface area contributed by atoms with Crippen molar-refractivity contribution < 1.29 is 13.9 Å². The highest BCUT2D eigenvalue weighted by molar-refractivity contribution is 6.04. The number of hydrogen-bond acceptors (Lipinski definition) is 5. The third kappa shape index (κ3) is 3.60. The molecule has 0 amide bonds. The third-order valence-electron chi connectivity index (χ3n) is 5.12. The number of rotatable bonds is 6. The number of hydrogen-bond donors (Lipinski definition) is 1. The van der Waals surface area contributed by atoms with Crippen LogP contribution in [0.5, 0.6) is 0 Å². The van der Waals surface area contributed by atoms with Gasteiger partial charge in [-0.2, -0.15) is 5.10 Å². The monoisotopic (exact) mass is 414 g/mol. The molecule has 0 saturated heterocycles. The quantitative estimate of drug-likeness (QED) is 0.426. The van der Waals surface area contributed by atoms with E-state index in [1.165, 1.54) is 12.1 Å². The Morgan fingerprint density at radius 3 is 2.48 bits per heavy atom. The van der Waals surface area contributed by atoms with Gasteiger partial charge in [0.1, 0.15) is 11.6 Å². The summed E-state index contributed by atoms with van der Waals surface area (Å²) >= 11 is 0. The van der Waals surface area contributed by atoms with Crippen LogP contribution in [-0.2, 0) is 6.54 Å². The number of aromatic nitrogens is 4. The second-order valence-corrected chi connectivity index (χ2v) is 7.14. The van der Waals surface area contributed by atoms with Crippen LogP contribution < -0.4 is 0 Å². The van der Waals surface area contributed by atoms with Gasteiger partial charge in [-0.25, -0.2) is 9.37 Å². The lowest BCUT2D eigenvalue weighted by Crippen LogP contribution is -2.00. The van der Waals surface area contributed by atoms with Crippen LogP contribution in [0.4, 0.5) is 4.39 Å². The van der Waals surface area contributed by atoms with E-state index in [2.05, 4.69) is 10.1 Å². The summed E-state index contributed by atoms with van der Waals surface area (Å²) in [5, 5.41) is 14.7. The van der Waals surface area contributed by atoms with Gasteiger partial charge in [0.15, 0.2) is 5.65 Å². The Morgan fingerprint density at radius 1 is 0.968 bits per heavy atom. The number of pyridine rings is 2. The molecule has 0 atom stereocenters. The average molecular weight is 414 g/mol. The van der Waals surface area contributed by atoms with E-state index in [1.54, 1.807) is 35.5 Å². The van der Waals surface area contributed by atoms with Crippen molar-refractivity contribution in [3.8, 4) is 33.7 Å². The molecular weight excluding hydrogens is 395 g/mol. The van der Waals surface area contributed by atoms with Crippen molar-refractivity contribution in [1.29, 1.82) is 0 Å². The van der Waals surface area contributed by atoms with Crippen molar-refractivity contribution in [2.24, 2.45) is 0 Å².